The van der Waals surface area contributed by atoms with E-state index in [1.165, 1.54) is 10.7 Å². The summed E-state index contributed by atoms with van der Waals surface area (Å²) in [4.78, 5) is 29.4. The van der Waals surface area contributed by atoms with Gasteiger partial charge in [-0.25, -0.2) is 4.68 Å². The molecule has 1 saturated heterocycles. The van der Waals surface area contributed by atoms with E-state index < -0.39 is 0 Å². The summed E-state index contributed by atoms with van der Waals surface area (Å²) in [6.07, 6.45) is 0. The van der Waals surface area contributed by atoms with Crippen molar-refractivity contribution in [3.05, 3.63) is 94.2 Å². The Balaban J connectivity index is 1.32. The van der Waals surface area contributed by atoms with Crippen molar-refractivity contribution in [2.24, 2.45) is 0 Å². The molecule has 0 aliphatic carbocycles. The number of halogens is 1. The topological polar surface area (TPSA) is 58.4 Å². The largest absolute Gasteiger partial charge is 0.368 e. The molecule has 0 N–H and O–H groups in total. The van der Waals surface area contributed by atoms with Gasteiger partial charge < -0.3 is 9.80 Å². The lowest BCUT2D eigenvalue weighted by atomic mass is 10.0. The smallest absolute Gasteiger partial charge is 0.267 e. The maximum atomic E-state index is 13.0. The predicted octanol–water partition coefficient (Wildman–Crippen LogP) is 4.07. The first-order valence-corrected chi connectivity index (χ1v) is 11.3. The van der Waals surface area contributed by atoms with Gasteiger partial charge in [-0.3, -0.25) is 9.59 Å². The van der Waals surface area contributed by atoms with Gasteiger partial charge in [-0.1, -0.05) is 60.1 Å². The number of aromatic nitrogens is 2. The molecule has 0 unspecified atom stereocenters. The number of piperazine rings is 1. The minimum atomic E-state index is -0.287. The van der Waals surface area contributed by atoms with Crippen molar-refractivity contribution in [1.82, 2.24) is 14.7 Å². The lowest BCUT2D eigenvalue weighted by Gasteiger charge is -2.36. The van der Waals surface area contributed by atoms with E-state index in [4.69, 9.17) is 11.6 Å². The van der Waals surface area contributed by atoms with E-state index in [2.05, 4.69) is 10.00 Å². The summed E-state index contributed by atoms with van der Waals surface area (Å²) in [7, 11) is 0. The Morgan fingerprint density at radius 3 is 2.45 bits per heavy atom. The third kappa shape index (κ3) is 4.47. The zero-order valence-electron chi connectivity index (χ0n) is 18.0. The highest BCUT2D eigenvalue weighted by Gasteiger charge is 2.22. The number of carbonyl (C=O) groups is 1. The quantitative estimate of drug-likeness (QED) is 0.462. The van der Waals surface area contributed by atoms with Gasteiger partial charge in [0, 0.05) is 48.5 Å². The molecule has 166 valence electrons. The van der Waals surface area contributed by atoms with Crippen LogP contribution >= 0.6 is 11.6 Å². The molecule has 1 aromatic heterocycles. The van der Waals surface area contributed by atoms with Gasteiger partial charge in [-0.05, 0) is 35.0 Å². The van der Waals surface area contributed by atoms with Crippen LogP contribution in [0.15, 0.2) is 83.7 Å². The second-order valence-electron chi connectivity index (χ2n) is 8.09. The van der Waals surface area contributed by atoms with Gasteiger partial charge in [0.25, 0.3) is 5.56 Å². The maximum Gasteiger partial charge on any atom is 0.267 e. The highest BCUT2D eigenvalue weighted by atomic mass is 35.5. The van der Waals surface area contributed by atoms with E-state index in [9.17, 15) is 9.59 Å². The van der Waals surface area contributed by atoms with Gasteiger partial charge in [0.1, 0.15) is 6.54 Å². The summed E-state index contributed by atoms with van der Waals surface area (Å²) in [6.45, 7) is 2.52. The third-order valence-corrected chi connectivity index (χ3v) is 6.26. The second-order valence-corrected chi connectivity index (χ2v) is 8.53. The van der Waals surface area contributed by atoms with Gasteiger partial charge in [0.15, 0.2) is 0 Å². The molecule has 33 heavy (non-hydrogen) atoms. The molecule has 4 aromatic rings. The van der Waals surface area contributed by atoms with Crippen LogP contribution in [0, 0.1) is 0 Å². The standard InChI is InChI=1S/C26H23ClN4O2/c27-20-7-4-8-21(17-20)29-13-15-30(16-14-29)26(33)18-31-25(32)12-11-24(28-31)23-10-3-6-19-5-1-2-9-22(19)23/h1-12,17H,13-16,18H2. The Morgan fingerprint density at radius 1 is 0.879 bits per heavy atom. The minimum absolute atomic E-state index is 0.0748. The summed E-state index contributed by atoms with van der Waals surface area (Å²) in [5.74, 6) is -0.106. The van der Waals surface area contributed by atoms with Gasteiger partial charge in [-0.2, -0.15) is 5.10 Å². The van der Waals surface area contributed by atoms with Crippen molar-refractivity contribution in [1.29, 1.82) is 0 Å². The number of fused-ring (bicyclic) bond motifs is 1. The molecule has 5 rings (SSSR count). The molecule has 0 saturated carbocycles. The summed E-state index contributed by atoms with van der Waals surface area (Å²) in [5.41, 5.74) is 2.37. The number of carbonyl (C=O) groups excluding carboxylic acids is 1. The average Bonchev–Trinajstić information content (AvgIpc) is 2.85. The van der Waals surface area contributed by atoms with Crippen LogP contribution in [0.4, 0.5) is 5.69 Å². The Hall–Kier alpha value is -3.64. The predicted molar refractivity (Wildman–Crippen MR) is 132 cm³/mol. The number of rotatable bonds is 4. The lowest BCUT2D eigenvalue weighted by molar-refractivity contribution is -0.132. The van der Waals surface area contributed by atoms with Gasteiger partial charge in [-0.15, -0.1) is 0 Å². The van der Waals surface area contributed by atoms with E-state index in [1.807, 2.05) is 66.7 Å². The Kier molecular flexibility index (Phi) is 5.84. The summed E-state index contributed by atoms with van der Waals surface area (Å²) >= 11 is 6.11. The number of hydrogen-bond acceptors (Lipinski definition) is 4. The van der Waals surface area contributed by atoms with E-state index in [1.54, 1.807) is 11.0 Å². The second kappa shape index (κ2) is 9.08. The van der Waals surface area contributed by atoms with E-state index in [0.717, 1.165) is 22.0 Å². The molecule has 1 amide bonds. The third-order valence-electron chi connectivity index (χ3n) is 6.02. The Bertz CT molecular complexity index is 1370. The molecule has 0 atom stereocenters. The van der Waals surface area contributed by atoms with Crippen molar-refractivity contribution < 1.29 is 4.79 Å². The first-order valence-electron chi connectivity index (χ1n) is 10.9. The molecule has 0 radical (unpaired) electrons. The lowest BCUT2D eigenvalue weighted by Crippen LogP contribution is -2.50. The van der Waals surface area contributed by atoms with E-state index in [0.29, 0.717) is 36.9 Å². The van der Waals surface area contributed by atoms with Crippen molar-refractivity contribution in [3.63, 3.8) is 0 Å². The van der Waals surface area contributed by atoms with Crippen LogP contribution in [-0.2, 0) is 11.3 Å². The fourth-order valence-electron chi connectivity index (χ4n) is 4.27. The number of nitrogens with zero attached hydrogens (tertiary/aromatic N) is 4. The number of benzene rings is 3. The monoisotopic (exact) mass is 458 g/mol. The average molecular weight is 459 g/mol. The molecule has 0 bridgehead atoms. The Labute approximate surface area is 196 Å². The van der Waals surface area contributed by atoms with Crippen LogP contribution in [-0.4, -0.2) is 46.8 Å². The molecular weight excluding hydrogens is 436 g/mol. The van der Waals surface area contributed by atoms with Crippen molar-refractivity contribution in [2.75, 3.05) is 31.1 Å². The van der Waals surface area contributed by atoms with Crippen molar-refractivity contribution in [2.45, 2.75) is 6.54 Å². The van der Waals surface area contributed by atoms with Gasteiger partial charge in [0.2, 0.25) is 5.91 Å². The Morgan fingerprint density at radius 2 is 1.64 bits per heavy atom. The van der Waals surface area contributed by atoms with Crippen LogP contribution in [0.2, 0.25) is 5.02 Å². The van der Waals surface area contributed by atoms with Crippen LogP contribution < -0.4 is 10.5 Å². The van der Waals surface area contributed by atoms with Crippen molar-refractivity contribution in [3.8, 4) is 11.3 Å². The van der Waals surface area contributed by atoms with Crippen LogP contribution in [0.3, 0.4) is 0 Å². The van der Waals surface area contributed by atoms with Gasteiger partial charge >= 0.3 is 0 Å². The molecule has 1 aliphatic heterocycles. The molecule has 6 nitrogen and oxygen atoms in total. The molecule has 1 fully saturated rings. The molecule has 1 aliphatic rings. The highest BCUT2D eigenvalue weighted by Crippen LogP contribution is 2.26. The van der Waals surface area contributed by atoms with Crippen molar-refractivity contribution >= 4 is 34.0 Å². The minimum Gasteiger partial charge on any atom is -0.368 e. The number of amides is 1. The van der Waals surface area contributed by atoms with E-state index >= 15 is 0 Å². The fourth-order valence-corrected chi connectivity index (χ4v) is 4.45. The fraction of sp³-hybridized carbons (Fsp3) is 0.192. The molecular formula is C26H23ClN4O2. The molecule has 7 heteroatoms. The summed E-state index contributed by atoms with van der Waals surface area (Å²) in [6, 6.07) is 25.0. The first-order chi connectivity index (χ1) is 16.1. The summed E-state index contributed by atoms with van der Waals surface area (Å²) < 4.78 is 1.27. The van der Waals surface area contributed by atoms with Crippen LogP contribution in [0.1, 0.15) is 0 Å². The zero-order valence-corrected chi connectivity index (χ0v) is 18.8. The summed E-state index contributed by atoms with van der Waals surface area (Å²) in [5, 5.41) is 7.38. The molecule has 2 heterocycles. The molecule has 3 aromatic carbocycles. The number of hydrogen-bond donors (Lipinski definition) is 0. The maximum absolute atomic E-state index is 13.0. The van der Waals surface area contributed by atoms with Crippen LogP contribution in [0.5, 0.6) is 0 Å². The van der Waals surface area contributed by atoms with E-state index in [-0.39, 0.29) is 18.0 Å². The SMILES string of the molecule is O=C(Cn1nc(-c2cccc3ccccc23)ccc1=O)N1CCN(c2cccc(Cl)c2)CC1. The highest BCUT2D eigenvalue weighted by molar-refractivity contribution is 6.30. The first kappa shape index (κ1) is 21.2. The number of anilines is 1. The zero-order chi connectivity index (χ0) is 22.8. The normalized spacial score (nSPS) is 14.0. The van der Waals surface area contributed by atoms with Gasteiger partial charge in [0.05, 0.1) is 5.69 Å². The van der Waals surface area contributed by atoms with Crippen LogP contribution in [0.25, 0.3) is 22.0 Å². The molecule has 0 spiro atoms.